The lowest BCUT2D eigenvalue weighted by atomic mass is 9.73. The molecule has 168 valence electrons. The van der Waals surface area contributed by atoms with E-state index in [2.05, 4.69) is 29.2 Å². The number of nitrogens with zero attached hydrogens (tertiary/aromatic N) is 3. The lowest BCUT2D eigenvalue weighted by molar-refractivity contribution is 0.105. The van der Waals surface area contributed by atoms with Crippen LogP contribution in [0.1, 0.15) is 43.9 Å². The molecule has 32 heavy (non-hydrogen) atoms. The van der Waals surface area contributed by atoms with Gasteiger partial charge in [0.25, 0.3) is 0 Å². The van der Waals surface area contributed by atoms with Crippen LogP contribution in [0.5, 0.6) is 0 Å². The Balaban J connectivity index is 1.37. The molecule has 3 N–H and O–H groups in total. The molecular formula is C25H28Cl2N4O. The lowest BCUT2D eigenvalue weighted by Gasteiger charge is -2.45. The van der Waals surface area contributed by atoms with Crippen LogP contribution in [0.15, 0.2) is 58.9 Å². The van der Waals surface area contributed by atoms with Crippen molar-refractivity contribution in [1.29, 1.82) is 0 Å². The average Bonchev–Trinajstić information content (AvgIpc) is 3.06. The monoisotopic (exact) mass is 470 g/mol. The Labute approximate surface area is 199 Å². The van der Waals surface area contributed by atoms with Crippen LogP contribution in [0.25, 0.3) is 0 Å². The highest BCUT2D eigenvalue weighted by atomic mass is 35.5. The number of amidine groups is 1. The van der Waals surface area contributed by atoms with E-state index in [9.17, 15) is 5.11 Å². The van der Waals surface area contributed by atoms with Gasteiger partial charge in [0.05, 0.1) is 15.7 Å². The van der Waals surface area contributed by atoms with Crippen LogP contribution < -0.4 is 10.6 Å². The first-order valence-electron chi connectivity index (χ1n) is 11.1. The number of nitrogens with two attached hydrogens (primary N) is 1. The van der Waals surface area contributed by atoms with Crippen molar-refractivity contribution in [3.8, 4) is 0 Å². The molecule has 2 heterocycles. The van der Waals surface area contributed by atoms with Crippen molar-refractivity contribution >= 4 is 34.7 Å². The van der Waals surface area contributed by atoms with Gasteiger partial charge in [-0.05, 0) is 61.8 Å². The summed E-state index contributed by atoms with van der Waals surface area (Å²) in [5, 5.41) is 12.0. The van der Waals surface area contributed by atoms with E-state index in [4.69, 9.17) is 33.9 Å². The molecule has 7 heteroatoms. The number of anilines is 1. The molecule has 2 atom stereocenters. The minimum atomic E-state index is -0.854. The molecule has 0 amide bonds. The van der Waals surface area contributed by atoms with Gasteiger partial charge < -0.3 is 15.7 Å². The molecule has 1 aliphatic carbocycles. The molecule has 3 aliphatic rings. The molecular weight excluding hydrogens is 443 g/mol. The molecule has 0 bridgehead atoms. The normalized spacial score (nSPS) is 24.8. The molecule has 0 radical (unpaired) electrons. The Morgan fingerprint density at radius 3 is 2.50 bits per heavy atom. The van der Waals surface area contributed by atoms with E-state index in [-0.39, 0.29) is 11.5 Å². The van der Waals surface area contributed by atoms with Crippen LogP contribution in [0.3, 0.4) is 0 Å². The summed E-state index contributed by atoms with van der Waals surface area (Å²) in [4.78, 5) is 8.92. The summed E-state index contributed by atoms with van der Waals surface area (Å²) in [7, 11) is 0. The fraction of sp³-hybridized carbons (Fsp3) is 0.400. The van der Waals surface area contributed by atoms with Crippen LogP contribution in [-0.4, -0.2) is 35.2 Å². The number of benzene rings is 2. The van der Waals surface area contributed by atoms with Crippen LogP contribution in [0.2, 0.25) is 10.0 Å². The third-order valence-corrected chi connectivity index (χ3v) is 8.25. The molecule has 2 aliphatic heterocycles. The second kappa shape index (κ2) is 8.07. The molecule has 1 saturated heterocycles. The fourth-order valence-electron chi connectivity index (χ4n) is 5.56. The molecule has 2 aromatic carbocycles. The number of aliphatic hydroxyl groups excluding tert-OH is 1. The van der Waals surface area contributed by atoms with E-state index in [1.54, 1.807) is 11.0 Å². The Kier molecular flexibility index (Phi) is 5.49. The van der Waals surface area contributed by atoms with Gasteiger partial charge in [-0.2, -0.15) is 0 Å². The summed E-state index contributed by atoms with van der Waals surface area (Å²) in [5.41, 5.74) is 11.0. The summed E-state index contributed by atoms with van der Waals surface area (Å²) in [6, 6.07) is 14.1. The third-order valence-electron chi connectivity index (χ3n) is 7.44. The van der Waals surface area contributed by atoms with Crippen molar-refractivity contribution in [1.82, 2.24) is 4.90 Å². The van der Waals surface area contributed by atoms with Crippen LogP contribution in [-0.2, 0) is 6.42 Å². The zero-order valence-corrected chi connectivity index (χ0v) is 19.9. The zero-order valence-electron chi connectivity index (χ0n) is 18.4. The van der Waals surface area contributed by atoms with Gasteiger partial charge in [-0.25, -0.2) is 4.99 Å². The number of rotatable bonds is 2. The molecule has 2 aromatic rings. The predicted octanol–water partition coefficient (Wildman–Crippen LogP) is 5.12. The first-order chi connectivity index (χ1) is 15.3. The number of piperidine rings is 1. The topological polar surface area (TPSA) is 65.1 Å². The lowest BCUT2D eigenvalue weighted by Crippen LogP contribution is -2.48. The van der Waals surface area contributed by atoms with Crippen molar-refractivity contribution in [3.63, 3.8) is 0 Å². The van der Waals surface area contributed by atoms with Gasteiger partial charge in [-0.1, -0.05) is 53.5 Å². The summed E-state index contributed by atoms with van der Waals surface area (Å²) >= 11 is 12.6. The van der Waals surface area contributed by atoms with E-state index >= 15 is 0 Å². The summed E-state index contributed by atoms with van der Waals surface area (Å²) in [6.45, 7) is 5.57. The highest BCUT2D eigenvalue weighted by Gasteiger charge is 2.46. The van der Waals surface area contributed by atoms with Gasteiger partial charge in [0, 0.05) is 24.7 Å². The highest BCUT2D eigenvalue weighted by molar-refractivity contribution is 6.44. The van der Waals surface area contributed by atoms with Gasteiger partial charge >= 0.3 is 0 Å². The standard InChI is InChI=1S/C25H28Cl2N4O/c1-15-23(29-16(2)31(24(15)32)20-9-5-8-19(26)21(20)27)30-12-10-25(11-13-30)14-17-6-3-4-7-18(17)22(25)28/h3-9,22,24,32H,10-14,28H2,1-2H3/t22-,24?/m0/s1. The quantitative estimate of drug-likeness (QED) is 0.638. The molecule has 1 spiro atoms. The van der Waals surface area contributed by atoms with E-state index in [0.717, 1.165) is 43.7 Å². The SMILES string of the molecule is CC1=NC(N2CCC3(CC2)Cc2ccccc2[C@@H]3N)=C(C)C(O)N1c1cccc(Cl)c1Cl. The van der Waals surface area contributed by atoms with Crippen LogP contribution in [0.4, 0.5) is 5.69 Å². The smallest absolute Gasteiger partial charge is 0.158 e. The van der Waals surface area contributed by atoms with Crippen LogP contribution >= 0.6 is 23.2 Å². The molecule has 5 nitrogen and oxygen atoms in total. The summed E-state index contributed by atoms with van der Waals surface area (Å²) in [5.74, 6) is 1.54. The first-order valence-corrected chi connectivity index (χ1v) is 11.8. The first kappa shape index (κ1) is 21.8. The Morgan fingerprint density at radius 2 is 1.78 bits per heavy atom. The number of hydrogen-bond acceptors (Lipinski definition) is 5. The number of hydrogen-bond donors (Lipinski definition) is 2. The summed E-state index contributed by atoms with van der Waals surface area (Å²) in [6.07, 6.45) is 2.21. The number of aliphatic hydroxyl groups is 1. The zero-order chi connectivity index (χ0) is 22.6. The number of likely N-dealkylation sites (tertiary alicyclic amines) is 1. The maximum Gasteiger partial charge on any atom is 0.158 e. The van der Waals surface area contributed by atoms with Gasteiger partial charge in [0.1, 0.15) is 11.7 Å². The number of fused-ring (bicyclic) bond motifs is 1. The molecule has 0 aromatic heterocycles. The largest absolute Gasteiger partial charge is 0.369 e. The molecule has 5 rings (SSSR count). The third kappa shape index (κ3) is 3.34. The van der Waals surface area contributed by atoms with Crippen molar-refractivity contribution < 1.29 is 5.11 Å². The second-order valence-electron chi connectivity index (χ2n) is 9.18. The second-order valence-corrected chi connectivity index (χ2v) is 9.97. The van der Waals surface area contributed by atoms with Gasteiger partial charge in [-0.3, -0.25) is 4.90 Å². The average molecular weight is 471 g/mol. The van der Waals surface area contributed by atoms with E-state index in [1.807, 2.05) is 26.0 Å². The van der Waals surface area contributed by atoms with E-state index in [1.165, 1.54) is 11.1 Å². The Hall–Kier alpha value is -2.05. The molecule has 0 saturated carbocycles. The van der Waals surface area contributed by atoms with E-state index < -0.39 is 6.23 Å². The highest BCUT2D eigenvalue weighted by Crippen LogP contribution is 2.51. The maximum absolute atomic E-state index is 11.2. The molecule has 1 fully saturated rings. The minimum absolute atomic E-state index is 0.0820. The maximum atomic E-state index is 11.2. The number of aliphatic imine (C=N–C) groups is 1. The van der Waals surface area contributed by atoms with Crippen molar-refractivity contribution in [2.45, 2.75) is 45.4 Å². The Bertz CT molecular complexity index is 1120. The van der Waals surface area contributed by atoms with Gasteiger partial charge in [0.15, 0.2) is 6.23 Å². The van der Waals surface area contributed by atoms with Gasteiger partial charge in [0.2, 0.25) is 0 Å². The molecule has 1 unspecified atom stereocenters. The Morgan fingerprint density at radius 1 is 1.06 bits per heavy atom. The van der Waals surface area contributed by atoms with Crippen molar-refractivity contribution in [2.24, 2.45) is 16.1 Å². The fourth-order valence-corrected chi connectivity index (χ4v) is 5.94. The number of halogens is 2. The summed E-state index contributed by atoms with van der Waals surface area (Å²) < 4.78 is 0. The van der Waals surface area contributed by atoms with Crippen molar-refractivity contribution in [3.05, 3.63) is 75.0 Å². The van der Waals surface area contributed by atoms with Gasteiger partial charge in [-0.15, -0.1) is 0 Å². The minimum Gasteiger partial charge on any atom is -0.369 e. The predicted molar refractivity (Wildman–Crippen MR) is 131 cm³/mol. The van der Waals surface area contributed by atoms with Crippen molar-refractivity contribution in [2.75, 3.05) is 18.0 Å². The van der Waals surface area contributed by atoms with E-state index in [0.29, 0.717) is 21.6 Å². The van der Waals surface area contributed by atoms with Crippen LogP contribution in [0, 0.1) is 5.41 Å².